The molecule has 0 radical (unpaired) electrons. The first-order valence-electron chi connectivity index (χ1n) is 6.37. The minimum absolute atomic E-state index is 0.0269. The minimum atomic E-state index is -3.48. The number of rotatable bonds is 4. The van der Waals surface area contributed by atoms with Crippen molar-refractivity contribution in [2.24, 2.45) is 0 Å². The van der Waals surface area contributed by atoms with Crippen LogP contribution < -0.4 is 10.1 Å². The van der Waals surface area contributed by atoms with E-state index in [-0.39, 0.29) is 31.9 Å². The van der Waals surface area contributed by atoms with E-state index < -0.39 is 15.7 Å². The third-order valence-electron chi connectivity index (χ3n) is 3.00. The summed E-state index contributed by atoms with van der Waals surface area (Å²) in [5.41, 5.74) is 0.368. The van der Waals surface area contributed by atoms with Gasteiger partial charge in [0.2, 0.25) is 0 Å². The zero-order valence-corrected chi connectivity index (χ0v) is 14.6. The van der Waals surface area contributed by atoms with Crippen molar-refractivity contribution in [1.82, 2.24) is 0 Å². The fourth-order valence-corrected chi connectivity index (χ4v) is 3.46. The average molecular weight is 374 g/mol. The summed E-state index contributed by atoms with van der Waals surface area (Å²) in [6.07, 6.45) is 1.07. The molecule has 1 N–H and O–H groups in total. The van der Waals surface area contributed by atoms with Gasteiger partial charge in [-0.2, -0.15) is 0 Å². The first-order valence-corrected chi connectivity index (χ1v) is 9.02. The lowest BCUT2D eigenvalue weighted by Gasteiger charge is -2.11. The van der Waals surface area contributed by atoms with Crippen LogP contribution in [0.3, 0.4) is 0 Å². The van der Waals surface area contributed by atoms with Gasteiger partial charge in [0.05, 0.1) is 27.7 Å². The van der Waals surface area contributed by atoms with Gasteiger partial charge in [0.1, 0.15) is 0 Å². The number of hydrogen-bond donors (Lipinski definition) is 1. The maximum atomic E-state index is 12.3. The molecule has 0 unspecified atom stereocenters. The lowest BCUT2D eigenvalue weighted by molar-refractivity contribution is 0.102. The van der Waals surface area contributed by atoms with Crippen LogP contribution in [0.2, 0.25) is 10.0 Å². The molecule has 23 heavy (non-hydrogen) atoms. The van der Waals surface area contributed by atoms with Crippen LogP contribution in [-0.4, -0.2) is 27.7 Å². The second kappa shape index (κ2) is 6.78. The normalized spacial score (nSPS) is 11.1. The number of halogens is 2. The molecule has 2 rings (SSSR count). The van der Waals surface area contributed by atoms with Crippen LogP contribution >= 0.6 is 23.2 Å². The Morgan fingerprint density at radius 3 is 2.22 bits per heavy atom. The van der Waals surface area contributed by atoms with Crippen LogP contribution in [0.15, 0.2) is 41.3 Å². The van der Waals surface area contributed by atoms with E-state index in [1.54, 1.807) is 12.1 Å². The molecule has 0 saturated carbocycles. The molecule has 0 atom stereocenters. The van der Waals surface area contributed by atoms with Crippen molar-refractivity contribution in [3.63, 3.8) is 0 Å². The highest BCUT2D eigenvalue weighted by Gasteiger charge is 2.17. The molecular formula is C15H13Cl2NO4S. The Balaban J connectivity index is 2.38. The molecule has 0 fully saturated rings. The summed E-state index contributed by atoms with van der Waals surface area (Å²) in [5, 5.41) is 2.91. The van der Waals surface area contributed by atoms with Gasteiger partial charge in [0.15, 0.2) is 15.6 Å². The topological polar surface area (TPSA) is 72.5 Å². The van der Waals surface area contributed by atoms with Gasteiger partial charge >= 0.3 is 0 Å². The summed E-state index contributed by atoms with van der Waals surface area (Å²) in [7, 11) is -2.06. The van der Waals surface area contributed by atoms with Gasteiger partial charge in [0, 0.05) is 11.8 Å². The lowest BCUT2D eigenvalue weighted by atomic mass is 10.2. The van der Waals surface area contributed by atoms with Crippen LogP contribution in [-0.2, 0) is 9.84 Å². The van der Waals surface area contributed by atoms with Crippen LogP contribution in [0.1, 0.15) is 10.4 Å². The van der Waals surface area contributed by atoms with Gasteiger partial charge in [-0.1, -0.05) is 35.3 Å². The SMILES string of the molecule is COc1c(Cl)cc(C(=O)Nc2ccccc2S(C)(=O)=O)cc1Cl. The maximum Gasteiger partial charge on any atom is 0.255 e. The zero-order valence-electron chi connectivity index (χ0n) is 12.3. The Kier molecular flexibility index (Phi) is 5.19. The van der Waals surface area contributed by atoms with Gasteiger partial charge in [-0.3, -0.25) is 4.79 Å². The highest BCUT2D eigenvalue weighted by molar-refractivity contribution is 7.90. The first-order chi connectivity index (χ1) is 10.7. The Bertz CT molecular complexity index is 843. The minimum Gasteiger partial charge on any atom is -0.494 e. The third kappa shape index (κ3) is 3.96. The standard InChI is InChI=1S/C15H13Cl2NO4S/c1-22-14-10(16)7-9(8-11(14)17)15(19)18-12-5-3-4-6-13(12)23(2,20)21/h3-8H,1-2H3,(H,18,19). The van der Waals surface area contributed by atoms with E-state index in [9.17, 15) is 13.2 Å². The molecule has 0 aliphatic heterocycles. The quantitative estimate of drug-likeness (QED) is 0.887. The fraction of sp³-hybridized carbons (Fsp3) is 0.133. The van der Waals surface area contributed by atoms with E-state index in [0.29, 0.717) is 0 Å². The summed E-state index contributed by atoms with van der Waals surface area (Å²) in [4.78, 5) is 12.4. The summed E-state index contributed by atoms with van der Waals surface area (Å²) in [5.74, 6) is -0.269. The van der Waals surface area contributed by atoms with E-state index in [1.807, 2.05) is 0 Å². The molecule has 2 aromatic carbocycles. The molecule has 0 aliphatic carbocycles. The number of methoxy groups -OCH3 is 1. The molecule has 0 aromatic heterocycles. The van der Waals surface area contributed by atoms with Gasteiger partial charge in [0.25, 0.3) is 5.91 Å². The number of amides is 1. The molecule has 0 heterocycles. The van der Waals surface area contributed by atoms with Crippen LogP contribution in [0.5, 0.6) is 5.75 Å². The number of benzene rings is 2. The fourth-order valence-electron chi connectivity index (χ4n) is 1.97. The number of sulfone groups is 1. The molecule has 0 bridgehead atoms. The van der Waals surface area contributed by atoms with Gasteiger partial charge in [-0.25, -0.2) is 8.42 Å². The van der Waals surface area contributed by atoms with Crippen LogP contribution in [0.4, 0.5) is 5.69 Å². The third-order valence-corrected chi connectivity index (χ3v) is 4.72. The molecule has 122 valence electrons. The predicted octanol–water partition coefficient (Wildman–Crippen LogP) is 3.66. The molecule has 8 heteroatoms. The molecule has 0 saturated heterocycles. The number of nitrogens with one attached hydrogen (secondary N) is 1. The van der Waals surface area contributed by atoms with Crippen molar-refractivity contribution >= 4 is 44.6 Å². The zero-order chi connectivity index (χ0) is 17.2. The van der Waals surface area contributed by atoms with Crippen molar-refractivity contribution in [2.45, 2.75) is 4.90 Å². The lowest BCUT2D eigenvalue weighted by Crippen LogP contribution is -2.14. The van der Waals surface area contributed by atoms with Crippen molar-refractivity contribution in [2.75, 3.05) is 18.7 Å². The molecule has 0 spiro atoms. The Morgan fingerprint density at radius 2 is 1.70 bits per heavy atom. The van der Waals surface area contributed by atoms with Gasteiger partial charge in [-0.05, 0) is 24.3 Å². The maximum absolute atomic E-state index is 12.3. The molecular weight excluding hydrogens is 361 g/mol. The monoisotopic (exact) mass is 373 g/mol. The Hall–Kier alpha value is -1.76. The second-order valence-electron chi connectivity index (χ2n) is 4.70. The summed E-state index contributed by atoms with van der Waals surface area (Å²) < 4.78 is 28.5. The number of para-hydroxylation sites is 1. The summed E-state index contributed by atoms with van der Waals surface area (Å²) in [6.45, 7) is 0. The van der Waals surface area contributed by atoms with E-state index in [4.69, 9.17) is 27.9 Å². The van der Waals surface area contributed by atoms with E-state index in [0.717, 1.165) is 6.26 Å². The highest BCUT2D eigenvalue weighted by atomic mass is 35.5. The van der Waals surface area contributed by atoms with Crippen molar-refractivity contribution < 1.29 is 17.9 Å². The summed E-state index contributed by atoms with van der Waals surface area (Å²) in [6, 6.07) is 8.90. The number of carbonyl (C=O) groups excluding carboxylic acids is 1. The van der Waals surface area contributed by atoms with E-state index >= 15 is 0 Å². The predicted molar refractivity (Wildman–Crippen MR) is 90.5 cm³/mol. The number of anilines is 1. The Morgan fingerprint density at radius 1 is 1.13 bits per heavy atom. The number of hydrogen-bond acceptors (Lipinski definition) is 4. The largest absolute Gasteiger partial charge is 0.494 e. The van der Waals surface area contributed by atoms with E-state index in [1.165, 1.54) is 31.4 Å². The van der Waals surface area contributed by atoms with Crippen molar-refractivity contribution in [3.8, 4) is 5.75 Å². The Labute approximate surface area is 144 Å². The van der Waals surface area contributed by atoms with Crippen LogP contribution in [0.25, 0.3) is 0 Å². The number of ether oxygens (including phenoxy) is 1. The smallest absolute Gasteiger partial charge is 0.255 e. The van der Waals surface area contributed by atoms with E-state index in [2.05, 4.69) is 5.32 Å². The molecule has 5 nitrogen and oxygen atoms in total. The molecule has 1 amide bonds. The number of carbonyl (C=O) groups is 1. The molecule has 2 aromatic rings. The van der Waals surface area contributed by atoms with Crippen molar-refractivity contribution in [3.05, 3.63) is 52.0 Å². The van der Waals surface area contributed by atoms with Crippen molar-refractivity contribution in [1.29, 1.82) is 0 Å². The average Bonchev–Trinajstić information content (AvgIpc) is 2.46. The summed E-state index contributed by atoms with van der Waals surface area (Å²) >= 11 is 12.0. The first kappa shape index (κ1) is 17.6. The van der Waals surface area contributed by atoms with Gasteiger partial charge < -0.3 is 10.1 Å². The van der Waals surface area contributed by atoms with Crippen LogP contribution in [0, 0.1) is 0 Å². The molecule has 0 aliphatic rings. The second-order valence-corrected chi connectivity index (χ2v) is 7.49. The highest BCUT2D eigenvalue weighted by Crippen LogP contribution is 2.34. The van der Waals surface area contributed by atoms with Gasteiger partial charge in [-0.15, -0.1) is 0 Å².